The van der Waals surface area contributed by atoms with Crippen molar-refractivity contribution < 1.29 is 27.6 Å². The van der Waals surface area contributed by atoms with Gasteiger partial charge in [0, 0.05) is 26.0 Å². The van der Waals surface area contributed by atoms with Crippen LogP contribution in [0.3, 0.4) is 0 Å². The van der Waals surface area contributed by atoms with Crippen LogP contribution < -0.4 is 15.1 Å². The second kappa shape index (κ2) is 11.3. The molecule has 1 aromatic heterocycles. The van der Waals surface area contributed by atoms with Crippen molar-refractivity contribution in [1.29, 1.82) is 0 Å². The first kappa shape index (κ1) is 29.7. The van der Waals surface area contributed by atoms with E-state index in [4.69, 9.17) is 11.6 Å². The predicted octanol–water partition coefficient (Wildman–Crippen LogP) is 6.78. The number of alkyl halides is 3. The first-order valence-corrected chi connectivity index (χ1v) is 15.5. The second-order valence-electron chi connectivity index (χ2n) is 9.83. The molecule has 4 aromatic rings. The van der Waals surface area contributed by atoms with Crippen molar-refractivity contribution in [2.45, 2.75) is 28.9 Å². The van der Waals surface area contributed by atoms with Gasteiger partial charge in [-0.25, -0.2) is 4.90 Å². The van der Waals surface area contributed by atoms with Crippen LogP contribution in [0.4, 0.5) is 24.5 Å². The van der Waals surface area contributed by atoms with E-state index >= 15 is 0 Å². The Hall–Kier alpha value is -3.39. The van der Waals surface area contributed by atoms with Gasteiger partial charge in [-0.05, 0) is 60.2 Å². The highest BCUT2D eigenvalue weighted by Gasteiger charge is 2.56. The minimum atomic E-state index is -4.59. The zero-order chi connectivity index (χ0) is 30.6. The van der Waals surface area contributed by atoms with Gasteiger partial charge in [-0.2, -0.15) is 13.2 Å². The van der Waals surface area contributed by atoms with Gasteiger partial charge in [0.25, 0.3) is 0 Å². The molecular formula is C29H18BrClF3N3O4S2. The van der Waals surface area contributed by atoms with Crippen molar-refractivity contribution in [1.82, 2.24) is 4.57 Å². The number of aromatic nitrogens is 1. The van der Waals surface area contributed by atoms with E-state index in [1.54, 1.807) is 48.5 Å². The van der Waals surface area contributed by atoms with E-state index in [1.165, 1.54) is 16.7 Å². The average Bonchev–Trinajstić information content (AvgIpc) is 3.40. The third-order valence-corrected chi connectivity index (χ3v) is 10.5. The van der Waals surface area contributed by atoms with E-state index in [1.807, 2.05) is 0 Å². The van der Waals surface area contributed by atoms with Crippen LogP contribution >= 0.6 is 50.6 Å². The Morgan fingerprint density at radius 2 is 1.67 bits per heavy atom. The number of amides is 3. The smallest absolute Gasteiger partial charge is 0.325 e. The summed E-state index contributed by atoms with van der Waals surface area (Å²) in [5, 5.41) is 2.35. The van der Waals surface area contributed by atoms with Gasteiger partial charge in [0.15, 0.2) is 0 Å². The molecule has 6 rings (SSSR count). The number of carbonyl (C=O) groups excluding carboxylic acids is 3. The van der Waals surface area contributed by atoms with Crippen molar-refractivity contribution in [2.24, 2.45) is 5.92 Å². The number of hydrogen-bond acceptors (Lipinski definition) is 6. The number of imide groups is 1. The topological polar surface area (TPSA) is 88.5 Å². The van der Waals surface area contributed by atoms with Crippen molar-refractivity contribution in [3.05, 3.63) is 108 Å². The number of halogens is 5. The second-order valence-corrected chi connectivity index (χ2v) is 13.3. The van der Waals surface area contributed by atoms with Gasteiger partial charge in [0.1, 0.15) is 11.8 Å². The lowest BCUT2D eigenvalue weighted by molar-refractivity contribution is -0.137. The predicted molar refractivity (Wildman–Crippen MR) is 162 cm³/mol. The lowest BCUT2D eigenvalue weighted by atomic mass is 9.83. The van der Waals surface area contributed by atoms with Gasteiger partial charge in [-0.15, -0.1) is 0 Å². The number of hydrogen-bond donors (Lipinski definition) is 1. The Morgan fingerprint density at radius 1 is 0.977 bits per heavy atom. The Morgan fingerprint density at radius 3 is 2.35 bits per heavy atom. The van der Waals surface area contributed by atoms with Gasteiger partial charge in [0.05, 0.1) is 22.2 Å². The van der Waals surface area contributed by atoms with E-state index in [2.05, 4.69) is 21.2 Å². The molecule has 7 nitrogen and oxygen atoms in total. The van der Waals surface area contributed by atoms with Gasteiger partial charge in [-0.3, -0.25) is 23.7 Å². The van der Waals surface area contributed by atoms with Crippen molar-refractivity contribution >= 4 is 79.7 Å². The molecule has 3 heterocycles. The molecule has 0 unspecified atom stereocenters. The van der Waals surface area contributed by atoms with E-state index in [0.717, 1.165) is 44.6 Å². The molecule has 2 aliphatic heterocycles. The first-order valence-electron chi connectivity index (χ1n) is 12.7. The Labute approximate surface area is 263 Å². The molecule has 220 valence electrons. The molecule has 0 saturated carbocycles. The Bertz CT molecular complexity index is 1830. The number of nitrogens with zero attached hydrogens (tertiary/aromatic N) is 2. The van der Waals surface area contributed by atoms with Crippen LogP contribution in [0.1, 0.15) is 21.9 Å². The molecule has 3 amide bonds. The molecule has 1 saturated heterocycles. The molecule has 3 aromatic carbocycles. The molecule has 1 N–H and O–H groups in total. The fraction of sp³-hybridized carbons (Fsp3) is 0.172. The molecule has 0 bridgehead atoms. The molecular weight excluding hydrogens is 691 g/mol. The third-order valence-electron chi connectivity index (χ3n) is 7.14. The maximum absolute atomic E-state index is 13.9. The number of thiazole rings is 1. The number of rotatable bonds is 5. The fourth-order valence-electron chi connectivity index (χ4n) is 5.25. The average molecular weight is 709 g/mol. The lowest BCUT2D eigenvalue weighted by Gasteiger charge is -2.30. The Kier molecular flexibility index (Phi) is 7.78. The van der Waals surface area contributed by atoms with Crippen LogP contribution in [0.2, 0.25) is 5.02 Å². The summed E-state index contributed by atoms with van der Waals surface area (Å²) in [6, 6.07) is 17.7. The van der Waals surface area contributed by atoms with E-state index in [9.17, 15) is 32.3 Å². The SMILES string of the molecule is O=C(Cn1c2c(sc1=O)[C@@H](c1ccc(Cl)cc1)[C@@H]1C(=O)N(c3ccc(Br)cc3)C(=O)[C@@H]1S2)Nc1cccc(C(F)(F)F)c1. The highest BCUT2D eigenvalue weighted by atomic mass is 79.9. The lowest BCUT2D eigenvalue weighted by Crippen LogP contribution is -2.33. The highest BCUT2D eigenvalue weighted by Crippen LogP contribution is 2.54. The molecule has 3 atom stereocenters. The summed E-state index contributed by atoms with van der Waals surface area (Å²) in [5.41, 5.74) is 0.0683. The molecule has 43 heavy (non-hydrogen) atoms. The van der Waals surface area contributed by atoms with E-state index in [0.29, 0.717) is 26.2 Å². The zero-order valence-electron chi connectivity index (χ0n) is 21.6. The van der Waals surface area contributed by atoms with Crippen LogP contribution in [0.5, 0.6) is 0 Å². The summed E-state index contributed by atoms with van der Waals surface area (Å²) in [6.45, 7) is -0.503. The van der Waals surface area contributed by atoms with E-state index in [-0.39, 0.29) is 5.69 Å². The van der Waals surface area contributed by atoms with Crippen molar-refractivity contribution in [3.63, 3.8) is 0 Å². The van der Waals surface area contributed by atoms with Gasteiger partial charge >= 0.3 is 11.0 Å². The number of thioether (sulfide) groups is 1. The quantitative estimate of drug-likeness (QED) is 0.231. The molecule has 0 spiro atoms. The van der Waals surface area contributed by atoms with Crippen LogP contribution in [-0.4, -0.2) is 27.5 Å². The van der Waals surface area contributed by atoms with E-state index < -0.39 is 58.0 Å². The van der Waals surface area contributed by atoms with Crippen LogP contribution in [0.15, 0.2) is 87.1 Å². The minimum absolute atomic E-state index is 0.0783. The Balaban J connectivity index is 1.37. The maximum atomic E-state index is 13.9. The van der Waals surface area contributed by atoms with Gasteiger partial charge < -0.3 is 5.32 Å². The summed E-state index contributed by atoms with van der Waals surface area (Å²) in [4.78, 5) is 55.0. The van der Waals surface area contributed by atoms with Crippen LogP contribution in [-0.2, 0) is 27.1 Å². The standard InChI is InChI=1S/C29H18BrClF3N3O4S2/c30-16-6-10-19(11-7-16)37-25(39)22-21(14-4-8-17(31)9-5-14)24-27(42-23(22)26(37)40)36(28(41)43-24)13-20(38)35-18-3-1-2-15(12-18)29(32,33)34/h1-12,21-23H,13H2,(H,35,38)/t21-,22-,23+/m0/s1. The third kappa shape index (κ3) is 5.54. The molecule has 0 aliphatic carbocycles. The normalized spacial score (nSPS) is 19.7. The monoisotopic (exact) mass is 707 g/mol. The fourth-order valence-corrected chi connectivity index (χ4v) is 8.41. The molecule has 14 heteroatoms. The first-order chi connectivity index (χ1) is 20.4. The number of carbonyl (C=O) groups is 3. The summed E-state index contributed by atoms with van der Waals surface area (Å²) in [5.74, 6) is -3.10. The largest absolute Gasteiger partial charge is 0.416 e. The minimum Gasteiger partial charge on any atom is -0.325 e. The summed E-state index contributed by atoms with van der Waals surface area (Å²) in [6.07, 6.45) is -4.59. The van der Waals surface area contributed by atoms with Crippen molar-refractivity contribution in [2.75, 3.05) is 10.2 Å². The highest BCUT2D eigenvalue weighted by molar-refractivity contribution is 9.10. The number of anilines is 2. The zero-order valence-corrected chi connectivity index (χ0v) is 25.6. The van der Waals surface area contributed by atoms with Crippen LogP contribution in [0, 0.1) is 5.92 Å². The van der Waals surface area contributed by atoms with Crippen LogP contribution in [0.25, 0.3) is 0 Å². The van der Waals surface area contributed by atoms with Gasteiger partial charge in [-0.1, -0.05) is 68.8 Å². The molecule has 2 aliphatic rings. The molecule has 1 fully saturated rings. The number of nitrogens with one attached hydrogen (secondary N) is 1. The molecule has 0 radical (unpaired) electrons. The summed E-state index contributed by atoms with van der Waals surface area (Å²) in [7, 11) is 0. The summed E-state index contributed by atoms with van der Waals surface area (Å²) < 4.78 is 41.4. The number of fused-ring (bicyclic) bond motifs is 2. The van der Waals surface area contributed by atoms with Crippen molar-refractivity contribution in [3.8, 4) is 0 Å². The van der Waals surface area contributed by atoms with Gasteiger partial charge in [0.2, 0.25) is 17.7 Å². The summed E-state index contributed by atoms with van der Waals surface area (Å²) >= 11 is 11.4. The maximum Gasteiger partial charge on any atom is 0.416 e. The number of benzene rings is 3.